The van der Waals surface area contributed by atoms with Gasteiger partial charge in [0.15, 0.2) is 11.6 Å². The van der Waals surface area contributed by atoms with Crippen molar-refractivity contribution in [3.63, 3.8) is 0 Å². The molecular weight excluding hydrogens is 181 g/mol. The molecule has 1 atom stereocenters. The third-order valence-electron chi connectivity index (χ3n) is 1.95. The van der Waals surface area contributed by atoms with E-state index in [2.05, 4.69) is 6.92 Å². The fourth-order valence-corrected chi connectivity index (χ4v) is 1.21. The first-order valence-electron chi connectivity index (χ1n) is 4.87. The Kier molecular flexibility index (Phi) is 4.40. The van der Waals surface area contributed by atoms with E-state index in [0.717, 1.165) is 12.8 Å². The molecule has 0 bridgehead atoms. The van der Waals surface area contributed by atoms with Gasteiger partial charge in [-0.1, -0.05) is 25.5 Å². The Balaban J connectivity index is 2.41. The van der Waals surface area contributed by atoms with Gasteiger partial charge >= 0.3 is 0 Å². The van der Waals surface area contributed by atoms with E-state index in [1.165, 1.54) is 6.07 Å². The van der Waals surface area contributed by atoms with Crippen molar-refractivity contribution >= 4 is 0 Å². The van der Waals surface area contributed by atoms with Gasteiger partial charge in [0, 0.05) is 6.04 Å². The summed E-state index contributed by atoms with van der Waals surface area (Å²) in [5.41, 5.74) is 5.73. The molecule has 1 aromatic carbocycles. The summed E-state index contributed by atoms with van der Waals surface area (Å²) in [6, 6.07) is 6.34. The second-order valence-corrected chi connectivity index (χ2v) is 3.29. The number of hydrogen-bond acceptors (Lipinski definition) is 2. The zero-order chi connectivity index (χ0) is 10.4. The van der Waals surface area contributed by atoms with Crippen LogP contribution < -0.4 is 10.5 Å². The average molecular weight is 197 g/mol. The first-order valence-corrected chi connectivity index (χ1v) is 4.87. The largest absolute Gasteiger partial charge is 0.489 e. The van der Waals surface area contributed by atoms with Crippen molar-refractivity contribution in [3.8, 4) is 5.75 Å². The van der Waals surface area contributed by atoms with Crippen molar-refractivity contribution in [3.05, 3.63) is 30.1 Å². The second kappa shape index (κ2) is 5.60. The van der Waals surface area contributed by atoms with E-state index in [9.17, 15) is 4.39 Å². The lowest BCUT2D eigenvalue weighted by Gasteiger charge is -2.12. The Bertz CT molecular complexity index is 278. The molecule has 1 aromatic rings. The van der Waals surface area contributed by atoms with Gasteiger partial charge in [0.25, 0.3) is 0 Å². The Morgan fingerprint density at radius 2 is 2.14 bits per heavy atom. The standard InChI is InChI=1S/C11H16FNO/c1-2-5-9(13)8-14-11-7-4-3-6-10(11)12/h3-4,6-7,9H,2,5,8,13H2,1H3. The van der Waals surface area contributed by atoms with Crippen LogP contribution in [0.5, 0.6) is 5.75 Å². The maximum Gasteiger partial charge on any atom is 0.165 e. The first kappa shape index (κ1) is 11.0. The molecule has 0 spiro atoms. The lowest BCUT2D eigenvalue weighted by molar-refractivity contribution is 0.269. The van der Waals surface area contributed by atoms with Crippen LogP contribution in [-0.2, 0) is 0 Å². The van der Waals surface area contributed by atoms with Crippen molar-refractivity contribution in [2.24, 2.45) is 5.73 Å². The van der Waals surface area contributed by atoms with Gasteiger partial charge in [-0.2, -0.15) is 0 Å². The number of ether oxygens (including phenoxy) is 1. The monoisotopic (exact) mass is 197 g/mol. The van der Waals surface area contributed by atoms with Gasteiger partial charge in [-0.25, -0.2) is 4.39 Å². The van der Waals surface area contributed by atoms with Crippen LogP contribution in [0.3, 0.4) is 0 Å². The van der Waals surface area contributed by atoms with E-state index in [1.807, 2.05) is 0 Å². The lowest BCUT2D eigenvalue weighted by atomic mass is 10.2. The molecule has 2 nitrogen and oxygen atoms in total. The molecule has 0 saturated heterocycles. The van der Waals surface area contributed by atoms with Gasteiger partial charge in [0.1, 0.15) is 6.61 Å². The summed E-state index contributed by atoms with van der Waals surface area (Å²) in [5.74, 6) is -0.0600. The predicted octanol–water partition coefficient (Wildman–Crippen LogP) is 2.33. The Hall–Kier alpha value is -1.09. The normalized spacial score (nSPS) is 12.5. The molecule has 0 radical (unpaired) electrons. The van der Waals surface area contributed by atoms with Crippen LogP contribution in [0.4, 0.5) is 4.39 Å². The minimum absolute atomic E-state index is 0.0143. The summed E-state index contributed by atoms with van der Waals surface area (Å²) in [5, 5.41) is 0. The maximum absolute atomic E-state index is 13.1. The van der Waals surface area contributed by atoms with Gasteiger partial charge in [-0.05, 0) is 18.6 Å². The van der Waals surface area contributed by atoms with Crippen LogP contribution in [0.25, 0.3) is 0 Å². The molecule has 0 aromatic heterocycles. The van der Waals surface area contributed by atoms with Gasteiger partial charge in [0.05, 0.1) is 0 Å². The van der Waals surface area contributed by atoms with Gasteiger partial charge in [-0.3, -0.25) is 0 Å². The smallest absolute Gasteiger partial charge is 0.165 e. The number of para-hydroxylation sites is 1. The molecule has 0 saturated carbocycles. The zero-order valence-corrected chi connectivity index (χ0v) is 8.37. The molecule has 0 aliphatic carbocycles. The third-order valence-corrected chi connectivity index (χ3v) is 1.95. The van der Waals surface area contributed by atoms with Crippen molar-refractivity contribution < 1.29 is 9.13 Å². The fourth-order valence-electron chi connectivity index (χ4n) is 1.21. The minimum Gasteiger partial charge on any atom is -0.489 e. The van der Waals surface area contributed by atoms with Crippen molar-refractivity contribution in [1.82, 2.24) is 0 Å². The summed E-state index contributed by atoms with van der Waals surface area (Å²) in [6.07, 6.45) is 1.91. The summed E-state index contributed by atoms with van der Waals surface area (Å²) in [4.78, 5) is 0. The quantitative estimate of drug-likeness (QED) is 0.786. The number of rotatable bonds is 5. The van der Waals surface area contributed by atoms with Crippen LogP contribution in [0, 0.1) is 5.82 Å². The number of halogens is 1. The van der Waals surface area contributed by atoms with E-state index in [0.29, 0.717) is 6.61 Å². The highest BCUT2D eigenvalue weighted by atomic mass is 19.1. The van der Waals surface area contributed by atoms with Crippen LogP contribution in [-0.4, -0.2) is 12.6 Å². The van der Waals surface area contributed by atoms with E-state index in [1.54, 1.807) is 18.2 Å². The van der Waals surface area contributed by atoms with Gasteiger partial charge in [0.2, 0.25) is 0 Å². The second-order valence-electron chi connectivity index (χ2n) is 3.29. The molecule has 0 fully saturated rings. The molecule has 78 valence electrons. The molecule has 3 heteroatoms. The number of benzene rings is 1. The summed E-state index contributed by atoms with van der Waals surface area (Å²) in [7, 11) is 0. The highest BCUT2D eigenvalue weighted by Crippen LogP contribution is 2.15. The average Bonchev–Trinajstić information content (AvgIpc) is 2.17. The zero-order valence-electron chi connectivity index (χ0n) is 8.37. The first-order chi connectivity index (χ1) is 6.74. The van der Waals surface area contributed by atoms with Crippen LogP contribution in [0.15, 0.2) is 24.3 Å². The Labute approximate surface area is 83.9 Å². The third kappa shape index (κ3) is 3.34. The minimum atomic E-state index is -0.337. The molecule has 0 heterocycles. The summed E-state index contributed by atoms with van der Waals surface area (Å²) in [6.45, 7) is 2.43. The Morgan fingerprint density at radius 1 is 1.43 bits per heavy atom. The molecular formula is C11H16FNO. The van der Waals surface area contributed by atoms with Crippen LogP contribution in [0.1, 0.15) is 19.8 Å². The molecule has 1 rings (SSSR count). The Morgan fingerprint density at radius 3 is 2.79 bits per heavy atom. The van der Waals surface area contributed by atoms with Crippen molar-refractivity contribution in [1.29, 1.82) is 0 Å². The highest BCUT2D eigenvalue weighted by molar-refractivity contribution is 5.23. The maximum atomic E-state index is 13.1. The van der Waals surface area contributed by atoms with Crippen molar-refractivity contribution in [2.75, 3.05) is 6.61 Å². The van der Waals surface area contributed by atoms with Crippen LogP contribution >= 0.6 is 0 Å². The molecule has 0 aliphatic rings. The van der Waals surface area contributed by atoms with Gasteiger partial charge in [-0.15, -0.1) is 0 Å². The predicted molar refractivity (Wildman–Crippen MR) is 54.8 cm³/mol. The number of hydrogen-bond donors (Lipinski definition) is 1. The van der Waals surface area contributed by atoms with Crippen molar-refractivity contribution in [2.45, 2.75) is 25.8 Å². The lowest BCUT2D eigenvalue weighted by Crippen LogP contribution is -2.27. The molecule has 0 aliphatic heterocycles. The van der Waals surface area contributed by atoms with E-state index in [4.69, 9.17) is 10.5 Å². The van der Waals surface area contributed by atoms with Crippen LogP contribution in [0.2, 0.25) is 0 Å². The van der Waals surface area contributed by atoms with E-state index in [-0.39, 0.29) is 17.6 Å². The van der Waals surface area contributed by atoms with Gasteiger partial charge < -0.3 is 10.5 Å². The fraction of sp³-hybridized carbons (Fsp3) is 0.455. The number of nitrogens with two attached hydrogens (primary N) is 1. The summed E-state index contributed by atoms with van der Waals surface area (Å²) >= 11 is 0. The van der Waals surface area contributed by atoms with E-state index >= 15 is 0 Å². The molecule has 2 N–H and O–H groups in total. The topological polar surface area (TPSA) is 35.2 Å². The SMILES string of the molecule is CCCC(N)COc1ccccc1F. The summed E-state index contributed by atoms with van der Waals surface area (Å²) < 4.78 is 18.3. The molecule has 1 unspecified atom stereocenters. The molecule has 14 heavy (non-hydrogen) atoms. The molecule has 0 amide bonds. The van der Waals surface area contributed by atoms with E-state index < -0.39 is 0 Å². The highest BCUT2D eigenvalue weighted by Gasteiger charge is 2.05.